The van der Waals surface area contributed by atoms with Crippen molar-refractivity contribution in [1.29, 1.82) is 0 Å². The number of hydrogen-bond acceptors (Lipinski definition) is 5. The molecule has 0 spiro atoms. The molecule has 1 aromatic rings. The molecular formula is C14H20N2O3S. The Hall–Kier alpha value is -1.40. The summed E-state index contributed by atoms with van der Waals surface area (Å²) in [6.07, 6.45) is 0. The minimum absolute atomic E-state index is 0.0455. The van der Waals surface area contributed by atoms with E-state index >= 15 is 0 Å². The fraction of sp³-hybridized carbons (Fsp3) is 0.500. The van der Waals surface area contributed by atoms with Crippen LogP contribution in [0.25, 0.3) is 0 Å². The second kappa shape index (κ2) is 6.85. The predicted molar refractivity (Wildman–Crippen MR) is 80.4 cm³/mol. The molecule has 0 aliphatic carbocycles. The standard InChI is InChI=1S/C14H20N2O3S/c1-9-4-12(18-2)13(19-3)5-10(9)6-15-14(17)11-7-20-8-16-11/h4-5,11,16H,6-8H2,1-3H3,(H,15,17). The third-order valence-electron chi connectivity index (χ3n) is 3.33. The molecule has 1 fully saturated rings. The first-order chi connectivity index (χ1) is 9.65. The van der Waals surface area contributed by atoms with Crippen LogP contribution in [0.1, 0.15) is 11.1 Å². The lowest BCUT2D eigenvalue weighted by Crippen LogP contribution is -2.41. The number of nitrogens with one attached hydrogen (secondary N) is 2. The molecule has 1 heterocycles. The molecule has 0 bridgehead atoms. The summed E-state index contributed by atoms with van der Waals surface area (Å²) < 4.78 is 10.5. The average Bonchev–Trinajstić information content (AvgIpc) is 2.99. The third kappa shape index (κ3) is 3.37. The van der Waals surface area contributed by atoms with E-state index in [-0.39, 0.29) is 11.9 Å². The molecule has 2 rings (SSSR count). The first-order valence-corrected chi connectivity index (χ1v) is 7.61. The molecule has 0 radical (unpaired) electrons. The summed E-state index contributed by atoms with van der Waals surface area (Å²) >= 11 is 1.74. The van der Waals surface area contributed by atoms with Crippen molar-refractivity contribution >= 4 is 17.7 Å². The molecule has 1 unspecified atom stereocenters. The van der Waals surface area contributed by atoms with Gasteiger partial charge >= 0.3 is 0 Å². The molecule has 5 nitrogen and oxygen atoms in total. The molecule has 110 valence electrons. The van der Waals surface area contributed by atoms with Gasteiger partial charge in [-0.25, -0.2) is 0 Å². The normalized spacial score (nSPS) is 17.9. The van der Waals surface area contributed by atoms with Crippen LogP contribution < -0.4 is 20.1 Å². The maximum Gasteiger partial charge on any atom is 0.238 e. The highest BCUT2D eigenvalue weighted by Gasteiger charge is 2.22. The quantitative estimate of drug-likeness (QED) is 0.857. The van der Waals surface area contributed by atoms with E-state index in [1.165, 1.54) is 0 Å². The number of carbonyl (C=O) groups is 1. The molecule has 20 heavy (non-hydrogen) atoms. The van der Waals surface area contributed by atoms with Crippen LogP contribution in [0.3, 0.4) is 0 Å². The van der Waals surface area contributed by atoms with E-state index in [9.17, 15) is 4.79 Å². The summed E-state index contributed by atoms with van der Waals surface area (Å²) in [5.74, 6) is 3.10. The molecule has 1 aliphatic rings. The Morgan fingerprint density at radius 2 is 2.10 bits per heavy atom. The summed E-state index contributed by atoms with van der Waals surface area (Å²) in [5.41, 5.74) is 2.10. The van der Waals surface area contributed by atoms with Gasteiger partial charge in [-0.3, -0.25) is 10.1 Å². The zero-order valence-corrected chi connectivity index (χ0v) is 12.8. The Morgan fingerprint density at radius 3 is 2.70 bits per heavy atom. The highest BCUT2D eigenvalue weighted by atomic mass is 32.2. The second-order valence-corrected chi connectivity index (χ2v) is 5.65. The Kier molecular flexibility index (Phi) is 5.14. The highest BCUT2D eigenvalue weighted by Crippen LogP contribution is 2.30. The van der Waals surface area contributed by atoms with Crippen molar-refractivity contribution in [1.82, 2.24) is 10.6 Å². The van der Waals surface area contributed by atoms with Crippen molar-refractivity contribution in [3.8, 4) is 11.5 Å². The van der Waals surface area contributed by atoms with E-state index in [0.717, 1.165) is 22.8 Å². The number of hydrogen-bond donors (Lipinski definition) is 2. The van der Waals surface area contributed by atoms with E-state index in [4.69, 9.17) is 9.47 Å². The van der Waals surface area contributed by atoms with E-state index in [2.05, 4.69) is 10.6 Å². The molecule has 0 saturated carbocycles. The number of thioether (sulfide) groups is 1. The molecule has 1 aromatic carbocycles. The van der Waals surface area contributed by atoms with E-state index in [1.54, 1.807) is 26.0 Å². The van der Waals surface area contributed by atoms with Gasteiger partial charge < -0.3 is 14.8 Å². The van der Waals surface area contributed by atoms with Crippen LogP contribution in [0.5, 0.6) is 11.5 Å². The van der Waals surface area contributed by atoms with Gasteiger partial charge in [0, 0.05) is 18.2 Å². The van der Waals surface area contributed by atoms with Crippen LogP contribution >= 0.6 is 11.8 Å². The van der Waals surface area contributed by atoms with Gasteiger partial charge in [0.15, 0.2) is 11.5 Å². The van der Waals surface area contributed by atoms with Crippen molar-refractivity contribution in [3.63, 3.8) is 0 Å². The SMILES string of the molecule is COc1cc(C)c(CNC(=O)C2CSCN2)cc1OC. The molecule has 2 N–H and O–H groups in total. The van der Waals surface area contributed by atoms with E-state index < -0.39 is 0 Å². The molecule has 1 amide bonds. The molecule has 1 saturated heterocycles. The maximum atomic E-state index is 12.0. The predicted octanol–water partition coefficient (Wildman–Crippen LogP) is 1.29. The minimum Gasteiger partial charge on any atom is -0.493 e. The first kappa shape index (κ1) is 15.0. The van der Waals surface area contributed by atoms with Crippen molar-refractivity contribution in [2.75, 3.05) is 25.8 Å². The fourth-order valence-electron chi connectivity index (χ4n) is 2.08. The van der Waals surface area contributed by atoms with E-state index in [1.807, 2.05) is 19.1 Å². The molecule has 1 aliphatic heterocycles. The number of carbonyl (C=O) groups excluding carboxylic acids is 1. The van der Waals surface area contributed by atoms with Crippen LogP contribution in [0, 0.1) is 6.92 Å². The zero-order chi connectivity index (χ0) is 14.5. The summed E-state index contributed by atoms with van der Waals surface area (Å²) in [4.78, 5) is 12.0. The van der Waals surface area contributed by atoms with Gasteiger partial charge in [-0.2, -0.15) is 0 Å². The smallest absolute Gasteiger partial charge is 0.238 e. The van der Waals surface area contributed by atoms with Crippen LogP contribution in [-0.2, 0) is 11.3 Å². The largest absolute Gasteiger partial charge is 0.493 e. The zero-order valence-electron chi connectivity index (χ0n) is 12.0. The van der Waals surface area contributed by atoms with Gasteiger partial charge in [0.05, 0.1) is 20.3 Å². The van der Waals surface area contributed by atoms with Crippen LogP contribution in [-0.4, -0.2) is 37.8 Å². The summed E-state index contributed by atoms with van der Waals surface area (Å²) in [6, 6.07) is 3.75. The average molecular weight is 296 g/mol. The second-order valence-electron chi connectivity index (χ2n) is 4.62. The Morgan fingerprint density at radius 1 is 1.40 bits per heavy atom. The molecule has 0 aromatic heterocycles. The number of rotatable bonds is 5. The third-order valence-corrected chi connectivity index (χ3v) is 4.27. The topological polar surface area (TPSA) is 59.6 Å². The minimum atomic E-state index is -0.0829. The monoisotopic (exact) mass is 296 g/mol. The lowest BCUT2D eigenvalue weighted by Gasteiger charge is -2.15. The van der Waals surface area contributed by atoms with Crippen LogP contribution in [0.2, 0.25) is 0 Å². The van der Waals surface area contributed by atoms with Crippen molar-refractivity contribution in [2.45, 2.75) is 19.5 Å². The maximum absolute atomic E-state index is 12.0. The van der Waals surface area contributed by atoms with Gasteiger partial charge in [-0.15, -0.1) is 11.8 Å². The lowest BCUT2D eigenvalue weighted by atomic mass is 10.1. The number of aryl methyl sites for hydroxylation is 1. The summed E-state index contributed by atoms with van der Waals surface area (Å²) in [6.45, 7) is 2.49. The first-order valence-electron chi connectivity index (χ1n) is 6.46. The number of ether oxygens (including phenoxy) is 2. The Balaban J connectivity index is 2.03. The molecular weight excluding hydrogens is 276 g/mol. The number of amides is 1. The van der Waals surface area contributed by atoms with Crippen molar-refractivity contribution < 1.29 is 14.3 Å². The van der Waals surface area contributed by atoms with Gasteiger partial charge in [-0.05, 0) is 30.2 Å². The Labute approximate surface area is 123 Å². The van der Waals surface area contributed by atoms with Crippen LogP contribution in [0.4, 0.5) is 0 Å². The van der Waals surface area contributed by atoms with Gasteiger partial charge in [0.1, 0.15) is 0 Å². The van der Waals surface area contributed by atoms with Crippen molar-refractivity contribution in [3.05, 3.63) is 23.3 Å². The van der Waals surface area contributed by atoms with Gasteiger partial charge in [0.25, 0.3) is 0 Å². The summed E-state index contributed by atoms with van der Waals surface area (Å²) in [5, 5.41) is 6.11. The molecule has 1 atom stereocenters. The lowest BCUT2D eigenvalue weighted by molar-refractivity contribution is -0.122. The molecule has 6 heteroatoms. The van der Waals surface area contributed by atoms with E-state index in [0.29, 0.717) is 18.0 Å². The summed E-state index contributed by atoms with van der Waals surface area (Å²) in [7, 11) is 3.22. The fourth-order valence-corrected chi connectivity index (χ4v) is 3.02. The highest BCUT2D eigenvalue weighted by molar-refractivity contribution is 7.99. The Bertz CT molecular complexity index is 488. The van der Waals surface area contributed by atoms with Gasteiger partial charge in [-0.1, -0.05) is 0 Å². The van der Waals surface area contributed by atoms with Gasteiger partial charge in [0.2, 0.25) is 5.91 Å². The number of methoxy groups -OCH3 is 2. The van der Waals surface area contributed by atoms with Crippen molar-refractivity contribution in [2.24, 2.45) is 0 Å². The number of benzene rings is 1. The van der Waals surface area contributed by atoms with Crippen LogP contribution in [0.15, 0.2) is 12.1 Å².